The predicted octanol–water partition coefficient (Wildman–Crippen LogP) is 1.21. The number of halogens is 1. The predicted molar refractivity (Wildman–Crippen MR) is 56.3 cm³/mol. The number of aromatic nitrogens is 4. The number of rotatable bonds is 2. The molecule has 6 nitrogen and oxygen atoms in total. The van der Waals surface area contributed by atoms with E-state index in [0.29, 0.717) is 5.69 Å². The van der Waals surface area contributed by atoms with Gasteiger partial charge in [-0.25, -0.2) is 0 Å². The number of hydrogen-bond donors (Lipinski definition) is 2. The minimum absolute atomic E-state index is 0.00924. The Balaban J connectivity index is 2.13. The average molecular weight is 268 g/mol. The fourth-order valence-electron chi connectivity index (χ4n) is 1.01. The van der Waals surface area contributed by atoms with Crippen LogP contribution in [0, 0.1) is 0 Å². The van der Waals surface area contributed by atoms with Gasteiger partial charge in [0.2, 0.25) is 0 Å². The number of tetrazole rings is 1. The molecule has 1 aromatic carbocycles. The van der Waals surface area contributed by atoms with Gasteiger partial charge in [-0.15, -0.1) is 10.2 Å². The summed E-state index contributed by atoms with van der Waals surface area (Å²) in [5.41, 5.74) is 0.666. The SMILES string of the molecule is O=C(Nc1cccc(Br)c1)c1nn[nH]n1. The Morgan fingerprint density at radius 1 is 1.47 bits per heavy atom. The van der Waals surface area contributed by atoms with E-state index in [1.54, 1.807) is 12.1 Å². The van der Waals surface area contributed by atoms with Gasteiger partial charge >= 0.3 is 0 Å². The molecule has 0 spiro atoms. The Morgan fingerprint density at radius 2 is 2.33 bits per heavy atom. The summed E-state index contributed by atoms with van der Waals surface area (Å²) >= 11 is 3.30. The lowest BCUT2D eigenvalue weighted by atomic mass is 10.3. The Labute approximate surface area is 93.2 Å². The van der Waals surface area contributed by atoms with Crippen molar-refractivity contribution in [3.05, 3.63) is 34.6 Å². The minimum atomic E-state index is -0.401. The molecule has 0 atom stereocenters. The van der Waals surface area contributed by atoms with Gasteiger partial charge in [0.25, 0.3) is 11.7 Å². The van der Waals surface area contributed by atoms with E-state index in [1.807, 2.05) is 12.1 Å². The van der Waals surface area contributed by atoms with E-state index in [1.165, 1.54) is 0 Å². The summed E-state index contributed by atoms with van der Waals surface area (Å²) in [6, 6.07) is 7.22. The molecule has 15 heavy (non-hydrogen) atoms. The van der Waals surface area contributed by atoms with Crippen LogP contribution in [0.2, 0.25) is 0 Å². The molecule has 7 heteroatoms. The summed E-state index contributed by atoms with van der Waals surface area (Å²) < 4.78 is 0.883. The van der Waals surface area contributed by atoms with Crippen LogP contribution in [0.5, 0.6) is 0 Å². The van der Waals surface area contributed by atoms with E-state index in [2.05, 4.69) is 41.9 Å². The smallest absolute Gasteiger partial charge is 0.297 e. The van der Waals surface area contributed by atoms with Crippen molar-refractivity contribution in [3.63, 3.8) is 0 Å². The van der Waals surface area contributed by atoms with Crippen LogP contribution in [0.15, 0.2) is 28.7 Å². The van der Waals surface area contributed by atoms with Crippen molar-refractivity contribution in [1.29, 1.82) is 0 Å². The molecular formula is C8H6BrN5O. The second-order valence-corrected chi connectivity index (χ2v) is 3.62. The number of benzene rings is 1. The van der Waals surface area contributed by atoms with Crippen molar-refractivity contribution < 1.29 is 4.79 Å². The molecule has 76 valence electrons. The van der Waals surface area contributed by atoms with Gasteiger partial charge in [0.05, 0.1) is 0 Å². The lowest BCUT2D eigenvalue weighted by Crippen LogP contribution is -2.13. The van der Waals surface area contributed by atoms with E-state index in [4.69, 9.17) is 0 Å². The highest BCUT2D eigenvalue weighted by molar-refractivity contribution is 9.10. The zero-order valence-electron chi connectivity index (χ0n) is 7.44. The van der Waals surface area contributed by atoms with Crippen molar-refractivity contribution >= 4 is 27.5 Å². The summed E-state index contributed by atoms with van der Waals surface area (Å²) in [4.78, 5) is 11.5. The minimum Gasteiger partial charge on any atom is -0.319 e. The van der Waals surface area contributed by atoms with Crippen molar-refractivity contribution in [2.24, 2.45) is 0 Å². The third kappa shape index (κ3) is 2.38. The Bertz CT molecular complexity index is 470. The second kappa shape index (κ2) is 4.18. The first-order valence-electron chi connectivity index (χ1n) is 4.06. The zero-order chi connectivity index (χ0) is 10.7. The van der Waals surface area contributed by atoms with E-state index in [9.17, 15) is 4.79 Å². The lowest BCUT2D eigenvalue weighted by molar-refractivity contribution is 0.101. The second-order valence-electron chi connectivity index (χ2n) is 2.70. The number of nitrogens with one attached hydrogen (secondary N) is 2. The number of hydrogen-bond acceptors (Lipinski definition) is 4. The molecule has 1 aromatic heterocycles. The molecule has 0 bridgehead atoms. The number of amides is 1. The normalized spacial score (nSPS) is 9.93. The fourth-order valence-corrected chi connectivity index (χ4v) is 1.41. The lowest BCUT2D eigenvalue weighted by Gasteiger charge is -2.01. The summed E-state index contributed by atoms with van der Waals surface area (Å²) in [6.07, 6.45) is 0. The van der Waals surface area contributed by atoms with Crippen LogP contribution < -0.4 is 5.32 Å². The molecule has 2 rings (SSSR count). The monoisotopic (exact) mass is 267 g/mol. The molecule has 0 saturated carbocycles. The highest BCUT2D eigenvalue weighted by atomic mass is 79.9. The molecule has 2 aromatic rings. The van der Waals surface area contributed by atoms with Crippen LogP contribution >= 0.6 is 15.9 Å². The summed E-state index contributed by atoms with van der Waals surface area (Å²) in [7, 11) is 0. The molecular weight excluding hydrogens is 262 g/mol. The molecule has 0 unspecified atom stereocenters. The van der Waals surface area contributed by atoms with Gasteiger partial charge in [0.1, 0.15) is 0 Å². The number of H-pyrrole nitrogens is 1. The summed E-state index contributed by atoms with van der Waals surface area (Å²) in [6.45, 7) is 0. The first-order chi connectivity index (χ1) is 7.25. The molecule has 0 fully saturated rings. The fraction of sp³-hybridized carbons (Fsp3) is 0. The van der Waals surface area contributed by atoms with Crippen LogP contribution in [0.3, 0.4) is 0 Å². The first kappa shape index (κ1) is 9.78. The molecule has 0 aliphatic carbocycles. The van der Waals surface area contributed by atoms with Gasteiger partial charge in [-0.2, -0.15) is 5.21 Å². The van der Waals surface area contributed by atoms with Gasteiger partial charge in [0.15, 0.2) is 0 Å². The van der Waals surface area contributed by atoms with Gasteiger partial charge in [-0.3, -0.25) is 4.79 Å². The van der Waals surface area contributed by atoms with Crippen molar-refractivity contribution in [3.8, 4) is 0 Å². The van der Waals surface area contributed by atoms with Crippen LogP contribution in [0.25, 0.3) is 0 Å². The molecule has 1 amide bonds. The van der Waals surface area contributed by atoms with E-state index >= 15 is 0 Å². The number of anilines is 1. The van der Waals surface area contributed by atoms with Crippen LogP contribution in [0.4, 0.5) is 5.69 Å². The van der Waals surface area contributed by atoms with E-state index in [-0.39, 0.29) is 5.82 Å². The maximum atomic E-state index is 11.5. The number of carbonyl (C=O) groups excluding carboxylic acids is 1. The third-order valence-corrected chi connectivity index (χ3v) is 2.12. The molecule has 2 N–H and O–H groups in total. The first-order valence-corrected chi connectivity index (χ1v) is 4.85. The van der Waals surface area contributed by atoms with Crippen molar-refractivity contribution in [2.45, 2.75) is 0 Å². The highest BCUT2D eigenvalue weighted by Crippen LogP contribution is 2.15. The average Bonchev–Trinajstić information content (AvgIpc) is 2.70. The maximum Gasteiger partial charge on any atom is 0.297 e. The van der Waals surface area contributed by atoms with Crippen molar-refractivity contribution in [2.75, 3.05) is 5.32 Å². The standard InChI is InChI=1S/C8H6BrN5O/c9-5-2-1-3-6(4-5)10-8(15)7-11-13-14-12-7/h1-4H,(H,10,15)(H,11,12,13,14). The highest BCUT2D eigenvalue weighted by Gasteiger charge is 2.10. The van der Waals surface area contributed by atoms with Gasteiger partial charge in [0, 0.05) is 10.2 Å². The molecule has 0 saturated heterocycles. The largest absolute Gasteiger partial charge is 0.319 e. The van der Waals surface area contributed by atoms with E-state index < -0.39 is 5.91 Å². The Hall–Kier alpha value is -1.76. The van der Waals surface area contributed by atoms with E-state index in [0.717, 1.165) is 4.47 Å². The van der Waals surface area contributed by atoms with Gasteiger partial charge < -0.3 is 5.32 Å². The molecule has 0 aliphatic rings. The number of aromatic amines is 1. The number of nitrogens with zero attached hydrogens (tertiary/aromatic N) is 3. The Kier molecular flexibility index (Phi) is 2.72. The summed E-state index contributed by atoms with van der Waals surface area (Å²) in [5, 5.41) is 15.3. The summed E-state index contributed by atoms with van der Waals surface area (Å²) in [5.74, 6) is -0.392. The topological polar surface area (TPSA) is 83.6 Å². The number of carbonyl (C=O) groups is 1. The molecule has 1 heterocycles. The van der Waals surface area contributed by atoms with Gasteiger partial charge in [-0.1, -0.05) is 22.0 Å². The quantitative estimate of drug-likeness (QED) is 0.857. The molecule has 0 aliphatic heterocycles. The Morgan fingerprint density at radius 3 is 3.00 bits per heavy atom. The molecule has 0 radical (unpaired) electrons. The zero-order valence-corrected chi connectivity index (χ0v) is 9.02. The van der Waals surface area contributed by atoms with Crippen LogP contribution in [-0.2, 0) is 0 Å². The third-order valence-electron chi connectivity index (χ3n) is 1.63. The van der Waals surface area contributed by atoms with Crippen LogP contribution in [-0.4, -0.2) is 26.5 Å². The van der Waals surface area contributed by atoms with Gasteiger partial charge in [-0.05, 0) is 23.4 Å². The maximum absolute atomic E-state index is 11.5. The van der Waals surface area contributed by atoms with Crippen molar-refractivity contribution in [1.82, 2.24) is 20.6 Å². The van der Waals surface area contributed by atoms with Crippen LogP contribution in [0.1, 0.15) is 10.6 Å².